The number of cyclic esters (lactones) is 1. The number of aliphatic hydroxyl groups is 2. The van der Waals surface area contributed by atoms with E-state index in [1.165, 1.54) is 79.1 Å². The Morgan fingerprint density at radius 2 is 1.31 bits per heavy atom. The van der Waals surface area contributed by atoms with E-state index in [0.29, 0.717) is 17.5 Å². The van der Waals surface area contributed by atoms with Gasteiger partial charge in [-0.15, -0.1) is 0 Å². The molecule has 26 nitrogen and oxygen atoms in total. The third-order valence-corrected chi connectivity index (χ3v) is 17.8. The highest BCUT2D eigenvalue weighted by molar-refractivity contribution is 6.04. The molecule has 11 atom stereocenters. The summed E-state index contributed by atoms with van der Waals surface area (Å²) >= 11 is 0. The second-order valence-electron chi connectivity index (χ2n) is 25.5. The monoisotopic (exact) mass is 1290 g/mol. The molecule has 0 radical (unpaired) electrons. The summed E-state index contributed by atoms with van der Waals surface area (Å²) < 4.78 is 23.7. The highest BCUT2D eigenvalue weighted by atomic mass is 16.6. The molecule has 502 valence electrons. The first-order chi connectivity index (χ1) is 44.1. The SMILES string of the molecule is COc1ccc2cc1Oc1ccc(cc1)C=C1C(=O)OC(C)C(N(C)C)C(=O)NC(C(C)C)C(=O)NC(c3ccccc3)C(=O)N3CCCC3C(=O)N(C)C(C(C)C)C(=O)N/C(=C(\CO)C3CO3)C(=O)N3CCCC3C(=O)NC(C(=O)N(C)C(C(C)C)C(=O)N1C)C2O. The molecule has 6 aliphatic heterocycles. The van der Waals surface area contributed by atoms with Crippen molar-refractivity contribution in [3.63, 3.8) is 0 Å². The van der Waals surface area contributed by atoms with Gasteiger partial charge in [-0.25, -0.2) is 4.79 Å². The van der Waals surface area contributed by atoms with Crippen LogP contribution in [0.5, 0.6) is 17.2 Å². The standard InChI is InChI=1S/C67H88N10O16/c1-35(2)50-59(81)69-51(40-19-15-14-16-20-40)64(86)77-30-18-22-45(77)62(84)74(11)54(36(3)4)60(82)70-52(43(33-78)49-34-91-49)65(87)76-29-17-21-44(76)58(80)71-53-57(79)41-25-28-47(90-13)48(32-41)93-42-26-23-39(24-27-42)31-46(67(89)92-38(7)56(72(8)9)61(83)68-50)73(10)66(88)55(37(5)6)75(12)63(53)85/h14-16,19-20,23-28,31-32,35-38,44-45,49-51,53-57,78-79H,17-18,21-22,29-30,33-34H2,1-13H3,(H,68,83)(H,69,81)(H,70,82)(H,71,80)/b46-31?,52-43+. The second-order valence-corrected chi connectivity index (χ2v) is 25.5. The molecule has 93 heavy (non-hydrogen) atoms. The van der Waals surface area contributed by atoms with Crippen molar-refractivity contribution < 1.29 is 77.1 Å². The first-order valence-corrected chi connectivity index (χ1v) is 31.5. The fourth-order valence-electron chi connectivity index (χ4n) is 12.8. The van der Waals surface area contributed by atoms with E-state index in [0.717, 1.165) is 9.80 Å². The van der Waals surface area contributed by atoms with Crippen LogP contribution < -0.4 is 30.7 Å². The van der Waals surface area contributed by atoms with Gasteiger partial charge in [0.05, 0.1) is 20.3 Å². The van der Waals surface area contributed by atoms with Crippen molar-refractivity contribution in [2.24, 2.45) is 17.8 Å². The molecule has 26 heteroatoms. The van der Waals surface area contributed by atoms with Gasteiger partial charge in [-0.1, -0.05) is 90.1 Å². The summed E-state index contributed by atoms with van der Waals surface area (Å²) in [7, 11) is 8.55. The van der Waals surface area contributed by atoms with Crippen molar-refractivity contribution >= 4 is 65.2 Å². The Morgan fingerprint density at radius 3 is 1.90 bits per heavy atom. The van der Waals surface area contributed by atoms with Crippen LogP contribution in [0.4, 0.5) is 0 Å². The summed E-state index contributed by atoms with van der Waals surface area (Å²) in [6.07, 6.45) is -1.82. The molecule has 6 heterocycles. The van der Waals surface area contributed by atoms with Gasteiger partial charge >= 0.3 is 5.97 Å². The molecule has 3 aromatic carbocycles. The van der Waals surface area contributed by atoms with Crippen LogP contribution in [-0.2, 0) is 57.4 Å². The number of hydrogen-bond donors (Lipinski definition) is 6. The Hall–Kier alpha value is -8.72. The van der Waals surface area contributed by atoms with Gasteiger partial charge in [0, 0.05) is 39.8 Å². The lowest BCUT2D eigenvalue weighted by Crippen LogP contribution is -2.60. The number of methoxy groups -OCH3 is 1. The zero-order chi connectivity index (χ0) is 68.0. The van der Waals surface area contributed by atoms with Crippen molar-refractivity contribution in [1.82, 2.24) is 50.7 Å². The number of ether oxygens (including phenoxy) is 4. The number of hydrogen-bond acceptors (Lipinski definition) is 17. The summed E-state index contributed by atoms with van der Waals surface area (Å²) in [6.45, 7) is 10.9. The largest absolute Gasteiger partial charge is 0.493 e. The lowest BCUT2D eigenvalue weighted by atomic mass is 9.96. The van der Waals surface area contributed by atoms with Gasteiger partial charge in [-0.05, 0) is 111 Å². The van der Waals surface area contributed by atoms with Gasteiger partial charge in [-0.3, -0.25) is 48.1 Å². The van der Waals surface area contributed by atoms with Crippen molar-refractivity contribution in [1.29, 1.82) is 0 Å². The fourth-order valence-corrected chi connectivity index (χ4v) is 12.8. The summed E-state index contributed by atoms with van der Waals surface area (Å²) in [5.74, 6) is -9.75. The van der Waals surface area contributed by atoms with Gasteiger partial charge in [0.15, 0.2) is 11.5 Å². The molecule has 0 spiro atoms. The van der Waals surface area contributed by atoms with E-state index in [4.69, 9.17) is 18.9 Å². The number of carbonyl (C=O) groups is 10. The summed E-state index contributed by atoms with van der Waals surface area (Å²) in [4.78, 5) is 158. The molecule has 0 saturated carbocycles. The van der Waals surface area contributed by atoms with Crippen LogP contribution in [-0.4, -0.2) is 222 Å². The number of likely N-dealkylation sites (N-methyl/N-ethyl adjacent to an activating group) is 4. The first-order valence-electron chi connectivity index (χ1n) is 31.5. The van der Waals surface area contributed by atoms with Gasteiger partial charge < -0.3 is 74.9 Å². The zero-order valence-electron chi connectivity index (χ0n) is 55.0. The molecule has 0 aliphatic carbocycles. The van der Waals surface area contributed by atoms with Crippen LogP contribution >= 0.6 is 0 Å². The molecule has 9 amide bonds. The minimum atomic E-state index is -1.91. The maximum atomic E-state index is 15.5. The highest BCUT2D eigenvalue weighted by Gasteiger charge is 2.48. The molecule has 9 rings (SSSR count). The average Bonchev–Trinajstić information content (AvgIpc) is 1.81. The maximum Gasteiger partial charge on any atom is 0.355 e. The van der Waals surface area contributed by atoms with Gasteiger partial charge in [-0.2, -0.15) is 0 Å². The van der Waals surface area contributed by atoms with E-state index in [-0.39, 0.29) is 73.0 Å². The molecular weight excluding hydrogens is 1200 g/mol. The number of benzene rings is 3. The molecular formula is C67H88N10O16. The van der Waals surface area contributed by atoms with Crippen LogP contribution in [0.2, 0.25) is 0 Å². The summed E-state index contributed by atoms with van der Waals surface area (Å²) in [5, 5.41) is 34.6. The minimum absolute atomic E-state index is 0.0140. The summed E-state index contributed by atoms with van der Waals surface area (Å²) in [5.41, 5.74) is 0.0205. The van der Waals surface area contributed by atoms with Crippen molar-refractivity contribution in [2.45, 2.75) is 141 Å². The number of aliphatic hydroxyl groups excluding tert-OH is 2. The Kier molecular flexibility index (Phi) is 22.6. The number of nitrogens with one attached hydrogen (secondary N) is 4. The van der Waals surface area contributed by atoms with Crippen LogP contribution in [0.3, 0.4) is 0 Å². The van der Waals surface area contributed by atoms with Crippen molar-refractivity contribution in [3.05, 3.63) is 106 Å². The highest BCUT2D eigenvalue weighted by Crippen LogP contribution is 2.37. The van der Waals surface area contributed by atoms with E-state index in [1.807, 2.05) is 0 Å². The fraction of sp³-hybridized carbons (Fsp3) is 0.522. The maximum absolute atomic E-state index is 15.5. The normalized spacial score (nSPS) is 27.7. The van der Waals surface area contributed by atoms with Crippen LogP contribution in [0, 0.1) is 17.8 Å². The predicted molar refractivity (Wildman–Crippen MR) is 339 cm³/mol. The minimum Gasteiger partial charge on any atom is -0.493 e. The second kappa shape index (κ2) is 29.9. The van der Waals surface area contributed by atoms with Crippen LogP contribution in [0.25, 0.3) is 6.08 Å². The number of carbonyl (C=O) groups excluding carboxylic acids is 10. The lowest BCUT2D eigenvalue weighted by Gasteiger charge is -2.37. The molecule has 6 aliphatic rings. The topological polar surface area (TPSA) is 319 Å². The molecule has 4 saturated heterocycles. The Balaban J connectivity index is 1.28. The number of epoxide rings is 1. The van der Waals surface area contributed by atoms with Gasteiger partial charge in [0.2, 0.25) is 47.3 Å². The van der Waals surface area contributed by atoms with Crippen molar-refractivity contribution in [2.75, 3.05) is 68.7 Å². The first kappa shape index (κ1) is 70.2. The van der Waals surface area contributed by atoms with Gasteiger partial charge in [0.25, 0.3) is 5.91 Å². The Bertz CT molecular complexity index is 3390. The third-order valence-electron chi connectivity index (χ3n) is 17.8. The predicted octanol–water partition coefficient (Wildman–Crippen LogP) is 2.40. The molecule has 4 fully saturated rings. The zero-order valence-corrected chi connectivity index (χ0v) is 55.0. The van der Waals surface area contributed by atoms with E-state index in [2.05, 4.69) is 21.3 Å². The Labute approximate surface area is 541 Å². The molecule has 11 unspecified atom stereocenters. The van der Waals surface area contributed by atoms with Crippen molar-refractivity contribution in [3.8, 4) is 17.2 Å². The number of rotatable bonds is 8. The molecule has 6 N–H and O–H groups in total. The van der Waals surface area contributed by atoms with E-state index >= 15 is 28.8 Å². The number of esters is 1. The number of amides is 9. The molecule has 0 aromatic heterocycles. The van der Waals surface area contributed by atoms with E-state index < -0.39 is 156 Å². The average molecular weight is 1290 g/mol. The third kappa shape index (κ3) is 15.4. The van der Waals surface area contributed by atoms with E-state index in [9.17, 15) is 29.4 Å². The van der Waals surface area contributed by atoms with Gasteiger partial charge in [0.1, 0.15) is 83.8 Å². The van der Waals surface area contributed by atoms with E-state index in [1.54, 1.807) is 110 Å². The molecule has 3 aromatic rings. The Morgan fingerprint density at radius 1 is 0.688 bits per heavy atom. The molecule has 6 bridgehead atoms. The lowest BCUT2D eigenvalue weighted by molar-refractivity contribution is -0.155. The van der Waals surface area contributed by atoms with Crippen LogP contribution in [0.15, 0.2) is 89.8 Å². The summed E-state index contributed by atoms with van der Waals surface area (Å²) in [6, 6.07) is 7.94. The number of fused-ring (bicyclic) bond motifs is 4. The smallest absolute Gasteiger partial charge is 0.355 e. The van der Waals surface area contributed by atoms with Crippen LogP contribution in [0.1, 0.15) is 103 Å². The quantitative estimate of drug-likeness (QED) is 0.107. The number of nitrogens with zero attached hydrogens (tertiary/aromatic N) is 6.